The fourth-order valence-electron chi connectivity index (χ4n) is 1.70. The van der Waals surface area contributed by atoms with Gasteiger partial charge in [-0.2, -0.15) is 0 Å². The van der Waals surface area contributed by atoms with Gasteiger partial charge in [-0.05, 0) is 44.5 Å². The Kier molecular flexibility index (Phi) is 5.11. The molecule has 0 saturated heterocycles. The molecular formula is C14H23FN2O. The lowest BCUT2D eigenvalue weighted by atomic mass is 10.1. The van der Waals surface area contributed by atoms with Gasteiger partial charge in [-0.3, -0.25) is 0 Å². The third kappa shape index (κ3) is 4.63. The van der Waals surface area contributed by atoms with Crippen LogP contribution >= 0.6 is 0 Å². The molecule has 0 spiro atoms. The van der Waals surface area contributed by atoms with Crippen LogP contribution in [0, 0.1) is 5.82 Å². The topological polar surface area (TPSA) is 35.5 Å². The normalized spacial score (nSPS) is 11.7. The van der Waals surface area contributed by atoms with E-state index in [2.05, 4.69) is 26.1 Å². The summed E-state index contributed by atoms with van der Waals surface area (Å²) >= 11 is 0. The molecule has 1 rings (SSSR count). The summed E-state index contributed by atoms with van der Waals surface area (Å²) in [5.74, 6) is -0.234. The maximum absolute atomic E-state index is 13.3. The predicted octanol–water partition coefficient (Wildman–Crippen LogP) is 2.14. The summed E-state index contributed by atoms with van der Waals surface area (Å²) in [5, 5.41) is 12.3. The first-order valence-electron chi connectivity index (χ1n) is 6.19. The van der Waals surface area contributed by atoms with Crippen LogP contribution in [0.2, 0.25) is 0 Å². The molecule has 0 saturated carbocycles. The molecule has 2 N–H and O–H groups in total. The van der Waals surface area contributed by atoms with Crippen molar-refractivity contribution in [2.24, 2.45) is 0 Å². The van der Waals surface area contributed by atoms with Crippen molar-refractivity contribution in [1.29, 1.82) is 0 Å². The largest absolute Gasteiger partial charge is 0.395 e. The second-order valence-electron chi connectivity index (χ2n) is 5.52. The molecule has 0 fully saturated rings. The van der Waals surface area contributed by atoms with Crippen molar-refractivity contribution in [3.05, 3.63) is 29.6 Å². The molecule has 0 unspecified atom stereocenters. The Hall–Kier alpha value is -1.13. The van der Waals surface area contributed by atoms with Gasteiger partial charge in [-0.25, -0.2) is 4.39 Å². The van der Waals surface area contributed by atoms with Gasteiger partial charge in [0.25, 0.3) is 0 Å². The van der Waals surface area contributed by atoms with Gasteiger partial charge >= 0.3 is 0 Å². The molecule has 0 amide bonds. The van der Waals surface area contributed by atoms with Crippen molar-refractivity contribution in [3.8, 4) is 0 Å². The van der Waals surface area contributed by atoms with Gasteiger partial charge in [0.15, 0.2) is 0 Å². The van der Waals surface area contributed by atoms with E-state index in [0.29, 0.717) is 13.1 Å². The second kappa shape index (κ2) is 6.16. The van der Waals surface area contributed by atoms with Crippen LogP contribution in [-0.4, -0.2) is 30.8 Å². The van der Waals surface area contributed by atoms with E-state index in [1.807, 2.05) is 11.9 Å². The van der Waals surface area contributed by atoms with Gasteiger partial charge in [-0.15, -0.1) is 0 Å². The Morgan fingerprint density at radius 1 is 1.33 bits per heavy atom. The minimum Gasteiger partial charge on any atom is -0.395 e. The Bertz CT molecular complexity index is 388. The standard InChI is InChI=1S/C14H23FN2O/c1-14(2,3)16-10-11-9-12(15)5-6-13(11)17(4)7-8-18/h5-6,9,16,18H,7-8,10H2,1-4H3. The lowest BCUT2D eigenvalue weighted by Gasteiger charge is -2.25. The SMILES string of the molecule is CN(CCO)c1ccc(F)cc1CNC(C)(C)C. The number of nitrogens with zero attached hydrogens (tertiary/aromatic N) is 1. The zero-order valence-corrected chi connectivity index (χ0v) is 11.6. The Balaban J connectivity index is 2.89. The number of halogens is 1. The first-order chi connectivity index (χ1) is 8.33. The summed E-state index contributed by atoms with van der Waals surface area (Å²) in [7, 11) is 1.89. The van der Waals surface area contributed by atoms with E-state index < -0.39 is 0 Å². The van der Waals surface area contributed by atoms with Crippen molar-refractivity contribution in [2.75, 3.05) is 25.1 Å². The first kappa shape index (κ1) is 14.9. The summed E-state index contributed by atoms with van der Waals surface area (Å²) in [4.78, 5) is 1.93. The molecule has 4 heteroatoms. The van der Waals surface area contributed by atoms with E-state index in [4.69, 9.17) is 5.11 Å². The summed E-state index contributed by atoms with van der Waals surface area (Å²) in [6.45, 7) is 7.44. The lowest BCUT2D eigenvalue weighted by molar-refractivity contribution is 0.304. The number of aliphatic hydroxyl groups is 1. The van der Waals surface area contributed by atoms with Crippen LogP contribution in [0.3, 0.4) is 0 Å². The Morgan fingerprint density at radius 2 is 2.00 bits per heavy atom. The summed E-state index contributed by atoms with van der Waals surface area (Å²) in [5.41, 5.74) is 1.84. The fraction of sp³-hybridized carbons (Fsp3) is 0.571. The lowest BCUT2D eigenvalue weighted by Crippen LogP contribution is -2.35. The fourth-order valence-corrected chi connectivity index (χ4v) is 1.70. The van der Waals surface area contributed by atoms with Crippen LogP contribution in [0.1, 0.15) is 26.3 Å². The van der Waals surface area contributed by atoms with E-state index in [-0.39, 0.29) is 18.0 Å². The van der Waals surface area contributed by atoms with Crippen molar-refractivity contribution < 1.29 is 9.50 Å². The van der Waals surface area contributed by atoms with Crippen molar-refractivity contribution in [1.82, 2.24) is 5.32 Å². The number of hydrogen-bond donors (Lipinski definition) is 2. The number of hydrogen-bond acceptors (Lipinski definition) is 3. The Morgan fingerprint density at radius 3 is 2.56 bits per heavy atom. The molecular weight excluding hydrogens is 231 g/mol. The zero-order valence-electron chi connectivity index (χ0n) is 11.6. The second-order valence-corrected chi connectivity index (χ2v) is 5.52. The monoisotopic (exact) mass is 254 g/mol. The predicted molar refractivity (Wildman–Crippen MR) is 73.3 cm³/mol. The van der Waals surface area contributed by atoms with Gasteiger partial charge in [0.2, 0.25) is 0 Å². The highest BCUT2D eigenvalue weighted by Crippen LogP contribution is 2.21. The average molecular weight is 254 g/mol. The van der Waals surface area contributed by atoms with E-state index in [1.54, 1.807) is 12.1 Å². The molecule has 1 aromatic rings. The highest BCUT2D eigenvalue weighted by atomic mass is 19.1. The third-order valence-electron chi connectivity index (χ3n) is 2.70. The molecule has 0 aliphatic heterocycles. The molecule has 0 heterocycles. The highest BCUT2D eigenvalue weighted by Gasteiger charge is 2.13. The van der Waals surface area contributed by atoms with Crippen LogP contribution in [-0.2, 0) is 6.54 Å². The maximum Gasteiger partial charge on any atom is 0.123 e. The molecule has 1 aromatic carbocycles. The van der Waals surface area contributed by atoms with Crippen LogP contribution < -0.4 is 10.2 Å². The minimum atomic E-state index is -0.234. The van der Waals surface area contributed by atoms with Gasteiger partial charge in [-0.1, -0.05) is 0 Å². The highest BCUT2D eigenvalue weighted by molar-refractivity contribution is 5.53. The van der Waals surface area contributed by atoms with Crippen molar-refractivity contribution in [2.45, 2.75) is 32.9 Å². The van der Waals surface area contributed by atoms with E-state index in [1.165, 1.54) is 6.07 Å². The average Bonchev–Trinajstić information content (AvgIpc) is 2.25. The van der Waals surface area contributed by atoms with Crippen molar-refractivity contribution in [3.63, 3.8) is 0 Å². The van der Waals surface area contributed by atoms with Crippen molar-refractivity contribution >= 4 is 5.69 Å². The molecule has 0 aliphatic carbocycles. The molecule has 102 valence electrons. The van der Waals surface area contributed by atoms with E-state index in [9.17, 15) is 4.39 Å². The third-order valence-corrected chi connectivity index (χ3v) is 2.70. The molecule has 0 radical (unpaired) electrons. The maximum atomic E-state index is 13.3. The number of anilines is 1. The van der Waals surface area contributed by atoms with Gasteiger partial charge < -0.3 is 15.3 Å². The van der Waals surface area contributed by atoms with Gasteiger partial charge in [0.05, 0.1) is 6.61 Å². The molecule has 0 atom stereocenters. The number of aliphatic hydroxyl groups excluding tert-OH is 1. The zero-order chi connectivity index (χ0) is 13.8. The quantitative estimate of drug-likeness (QED) is 0.845. The van der Waals surface area contributed by atoms with E-state index >= 15 is 0 Å². The van der Waals surface area contributed by atoms with Gasteiger partial charge in [0, 0.05) is 31.4 Å². The van der Waals surface area contributed by atoms with Crippen LogP contribution in [0.15, 0.2) is 18.2 Å². The first-order valence-corrected chi connectivity index (χ1v) is 6.19. The summed E-state index contributed by atoms with van der Waals surface area (Å²) < 4.78 is 13.3. The van der Waals surface area contributed by atoms with E-state index in [0.717, 1.165) is 11.3 Å². The minimum absolute atomic E-state index is 0.0147. The smallest absolute Gasteiger partial charge is 0.123 e. The molecule has 0 aromatic heterocycles. The van der Waals surface area contributed by atoms with Crippen LogP contribution in [0.25, 0.3) is 0 Å². The number of nitrogens with one attached hydrogen (secondary N) is 1. The molecule has 0 aliphatic rings. The number of likely N-dealkylation sites (N-methyl/N-ethyl adjacent to an activating group) is 1. The number of rotatable bonds is 5. The molecule has 3 nitrogen and oxygen atoms in total. The van der Waals surface area contributed by atoms with Gasteiger partial charge in [0.1, 0.15) is 5.82 Å². The summed E-state index contributed by atoms with van der Waals surface area (Å²) in [6.07, 6.45) is 0. The molecule has 0 bridgehead atoms. The number of benzene rings is 1. The molecule has 18 heavy (non-hydrogen) atoms. The Labute approximate surface area is 109 Å². The summed E-state index contributed by atoms with van der Waals surface area (Å²) in [6, 6.07) is 4.75. The van der Waals surface area contributed by atoms with Crippen LogP contribution in [0.5, 0.6) is 0 Å². The van der Waals surface area contributed by atoms with Crippen LogP contribution in [0.4, 0.5) is 10.1 Å².